The van der Waals surface area contributed by atoms with Gasteiger partial charge in [0.2, 0.25) is 0 Å². The third-order valence-corrected chi connectivity index (χ3v) is 4.90. The van der Waals surface area contributed by atoms with Gasteiger partial charge in [-0.1, -0.05) is 54.6 Å². The summed E-state index contributed by atoms with van der Waals surface area (Å²) in [6, 6.07) is 23.3. The molecule has 22 heavy (non-hydrogen) atoms. The number of hydrogen-bond donors (Lipinski definition) is 0. The van der Waals surface area contributed by atoms with E-state index in [1.165, 1.54) is 26.9 Å². The SMILES string of the molecule is Brc1cc2ccccc2c2c1oc1c3ccccc3ccc12. The van der Waals surface area contributed by atoms with E-state index in [1.807, 2.05) is 0 Å². The van der Waals surface area contributed by atoms with E-state index in [0.717, 1.165) is 21.0 Å². The molecular weight excluding hydrogens is 336 g/mol. The molecule has 0 aliphatic rings. The smallest absolute Gasteiger partial charge is 0.150 e. The monoisotopic (exact) mass is 346 g/mol. The second-order valence-corrected chi connectivity index (χ2v) is 6.40. The van der Waals surface area contributed by atoms with Crippen molar-refractivity contribution in [2.45, 2.75) is 0 Å². The van der Waals surface area contributed by atoms with Gasteiger partial charge in [-0.3, -0.25) is 0 Å². The Kier molecular flexibility index (Phi) is 2.42. The van der Waals surface area contributed by atoms with Crippen LogP contribution in [-0.4, -0.2) is 0 Å². The van der Waals surface area contributed by atoms with Crippen molar-refractivity contribution in [1.82, 2.24) is 0 Å². The molecule has 0 unspecified atom stereocenters. The summed E-state index contributed by atoms with van der Waals surface area (Å²) in [5.74, 6) is 0. The van der Waals surface area contributed by atoms with E-state index in [4.69, 9.17) is 4.42 Å². The van der Waals surface area contributed by atoms with Gasteiger partial charge in [-0.2, -0.15) is 0 Å². The van der Waals surface area contributed by atoms with Crippen LogP contribution in [0.25, 0.3) is 43.5 Å². The number of hydrogen-bond acceptors (Lipinski definition) is 1. The Bertz CT molecular complexity index is 1180. The molecule has 1 nitrogen and oxygen atoms in total. The molecule has 2 heteroatoms. The molecule has 0 atom stereocenters. The lowest BCUT2D eigenvalue weighted by Crippen LogP contribution is -1.76. The van der Waals surface area contributed by atoms with Gasteiger partial charge < -0.3 is 4.42 Å². The Labute approximate surface area is 135 Å². The lowest BCUT2D eigenvalue weighted by Gasteiger charge is -2.01. The largest absolute Gasteiger partial charge is 0.454 e. The zero-order valence-electron chi connectivity index (χ0n) is 11.6. The van der Waals surface area contributed by atoms with E-state index in [9.17, 15) is 0 Å². The highest BCUT2D eigenvalue weighted by Gasteiger charge is 2.15. The first-order chi connectivity index (χ1) is 10.8. The minimum Gasteiger partial charge on any atom is -0.454 e. The molecule has 0 bridgehead atoms. The first-order valence-electron chi connectivity index (χ1n) is 7.24. The summed E-state index contributed by atoms with van der Waals surface area (Å²) in [7, 11) is 0. The van der Waals surface area contributed by atoms with Crippen LogP contribution < -0.4 is 0 Å². The Morgan fingerprint density at radius 3 is 2.23 bits per heavy atom. The van der Waals surface area contributed by atoms with Gasteiger partial charge in [-0.05, 0) is 44.2 Å². The average Bonchev–Trinajstić information content (AvgIpc) is 2.96. The van der Waals surface area contributed by atoms with Crippen molar-refractivity contribution in [3.63, 3.8) is 0 Å². The summed E-state index contributed by atoms with van der Waals surface area (Å²) in [6.07, 6.45) is 0. The number of fused-ring (bicyclic) bond motifs is 7. The van der Waals surface area contributed by atoms with Gasteiger partial charge in [-0.25, -0.2) is 0 Å². The summed E-state index contributed by atoms with van der Waals surface area (Å²) in [4.78, 5) is 0. The summed E-state index contributed by atoms with van der Waals surface area (Å²) in [5.41, 5.74) is 1.88. The molecule has 1 heterocycles. The van der Waals surface area contributed by atoms with Crippen LogP contribution in [0, 0.1) is 0 Å². The van der Waals surface area contributed by atoms with Gasteiger partial charge in [0.25, 0.3) is 0 Å². The fraction of sp³-hybridized carbons (Fsp3) is 0. The summed E-state index contributed by atoms with van der Waals surface area (Å²) >= 11 is 3.67. The predicted molar refractivity (Wildman–Crippen MR) is 96.4 cm³/mol. The first kappa shape index (κ1) is 12.2. The summed E-state index contributed by atoms with van der Waals surface area (Å²) < 4.78 is 7.26. The maximum atomic E-state index is 6.26. The number of furan rings is 1. The van der Waals surface area contributed by atoms with Crippen LogP contribution in [0.4, 0.5) is 0 Å². The lowest BCUT2D eigenvalue weighted by molar-refractivity contribution is 0.671. The topological polar surface area (TPSA) is 13.1 Å². The van der Waals surface area contributed by atoms with E-state index in [1.54, 1.807) is 0 Å². The predicted octanol–water partition coefficient (Wildman–Crippen LogP) is 6.65. The molecule has 0 spiro atoms. The molecule has 5 aromatic rings. The maximum Gasteiger partial charge on any atom is 0.150 e. The fourth-order valence-corrected chi connectivity index (χ4v) is 3.84. The Balaban J connectivity index is 2.14. The molecule has 5 rings (SSSR count). The zero-order chi connectivity index (χ0) is 14.7. The molecule has 0 saturated heterocycles. The van der Waals surface area contributed by atoms with E-state index in [-0.39, 0.29) is 0 Å². The lowest BCUT2D eigenvalue weighted by atomic mass is 10.0. The quantitative estimate of drug-likeness (QED) is 0.305. The molecule has 0 saturated carbocycles. The fourth-order valence-electron chi connectivity index (χ4n) is 3.31. The molecule has 4 aromatic carbocycles. The second-order valence-electron chi connectivity index (χ2n) is 5.55. The molecule has 1 aromatic heterocycles. The van der Waals surface area contributed by atoms with Crippen molar-refractivity contribution < 1.29 is 4.42 Å². The van der Waals surface area contributed by atoms with Gasteiger partial charge in [0.15, 0.2) is 0 Å². The molecule has 0 N–H and O–H groups in total. The molecule has 0 fully saturated rings. The van der Waals surface area contributed by atoms with Crippen LogP contribution in [0.15, 0.2) is 75.6 Å². The number of halogens is 1. The first-order valence-corrected chi connectivity index (χ1v) is 8.03. The van der Waals surface area contributed by atoms with Crippen LogP contribution in [0.3, 0.4) is 0 Å². The van der Waals surface area contributed by atoms with Gasteiger partial charge in [0.05, 0.1) is 4.47 Å². The Morgan fingerprint density at radius 2 is 1.36 bits per heavy atom. The highest BCUT2D eigenvalue weighted by atomic mass is 79.9. The van der Waals surface area contributed by atoms with Crippen LogP contribution in [0.2, 0.25) is 0 Å². The van der Waals surface area contributed by atoms with Gasteiger partial charge >= 0.3 is 0 Å². The minimum atomic E-state index is 0.921. The number of rotatable bonds is 0. The zero-order valence-corrected chi connectivity index (χ0v) is 13.2. The van der Waals surface area contributed by atoms with Gasteiger partial charge in [0.1, 0.15) is 11.2 Å². The van der Waals surface area contributed by atoms with Gasteiger partial charge in [0, 0.05) is 16.2 Å². The molecule has 0 radical (unpaired) electrons. The average molecular weight is 347 g/mol. The van der Waals surface area contributed by atoms with E-state index < -0.39 is 0 Å². The summed E-state index contributed by atoms with van der Waals surface area (Å²) in [6.45, 7) is 0. The van der Waals surface area contributed by atoms with Crippen molar-refractivity contribution in [2.24, 2.45) is 0 Å². The number of benzene rings is 4. The minimum absolute atomic E-state index is 0.921. The van der Waals surface area contributed by atoms with Crippen molar-refractivity contribution in [1.29, 1.82) is 0 Å². The molecular formula is C20H11BrO. The standard InChI is InChI=1S/C20H11BrO/c21-17-11-13-6-2-3-7-14(13)18-16-10-9-12-5-1-4-8-15(12)19(16)22-20(17)18/h1-11H. The highest BCUT2D eigenvalue weighted by Crippen LogP contribution is 2.41. The van der Waals surface area contributed by atoms with Crippen molar-refractivity contribution >= 4 is 59.4 Å². The van der Waals surface area contributed by atoms with Crippen molar-refractivity contribution in [2.75, 3.05) is 0 Å². The van der Waals surface area contributed by atoms with Crippen LogP contribution in [0.1, 0.15) is 0 Å². The molecule has 0 aliphatic heterocycles. The summed E-state index contributed by atoms with van der Waals surface area (Å²) in [5, 5.41) is 7.17. The Hall–Kier alpha value is -2.32. The molecule has 104 valence electrons. The molecule has 0 aliphatic carbocycles. The van der Waals surface area contributed by atoms with Crippen molar-refractivity contribution in [3.05, 3.63) is 71.2 Å². The third kappa shape index (κ3) is 1.53. The normalized spacial score (nSPS) is 11.9. The Morgan fingerprint density at radius 1 is 0.636 bits per heavy atom. The second kappa shape index (κ2) is 4.34. The van der Waals surface area contributed by atoms with Crippen LogP contribution in [0.5, 0.6) is 0 Å². The van der Waals surface area contributed by atoms with E-state index in [2.05, 4.69) is 82.7 Å². The van der Waals surface area contributed by atoms with Crippen LogP contribution >= 0.6 is 15.9 Å². The maximum absolute atomic E-state index is 6.26. The van der Waals surface area contributed by atoms with Crippen molar-refractivity contribution in [3.8, 4) is 0 Å². The van der Waals surface area contributed by atoms with E-state index in [0.29, 0.717) is 0 Å². The highest BCUT2D eigenvalue weighted by molar-refractivity contribution is 9.10. The third-order valence-electron chi connectivity index (χ3n) is 4.31. The van der Waals surface area contributed by atoms with E-state index >= 15 is 0 Å². The van der Waals surface area contributed by atoms with Gasteiger partial charge in [-0.15, -0.1) is 0 Å². The molecule has 0 amide bonds. The van der Waals surface area contributed by atoms with Crippen LogP contribution in [-0.2, 0) is 0 Å².